The zero-order valence-electron chi connectivity index (χ0n) is 9.96. The largest absolute Gasteiger partial charge is 0.300 e. The van der Waals surface area contributed by atoms with Crippen molar-refractivity contribution in [1.29, 1.82) is 0 Å². The minimum atomic E-state index is 0.741. The molecule has 3 atom stereocenters. The Balaban J connectivity index is 2.38. The van der Waals surface area contributed by atoms with Crippen LogP contribution in [0.5, 0.6) is 0 Å². The highest BCUT2D eigenvalue weighted by Gasteiger charge is 2.26. The summed E-state index contributed by atoms with van der Waals surface area (Å²) in [7, 11) is 0. The minimum absolute atomic E-state index is 0.741. The normalized spacial score (nSPS) is 32.1. The quantitative estimate of drug-likeness (QED) is 0.703. The summed E-state index contributed by atoms with van der Waals surface area (Å²) in [6.45, 7) is 11.9. The first kappa shape index (κ1) is 12.5. The van der Waals surface area contributed by atoms with E-state index in [0.29, 0.717) is 0 Å². The molecule has 0 aromatic carbocycles. The maximum atomic E-state index is 3.75. The lowest BCUT2D eigenvalue weighted by atomic mass is 9.96. The monoisotopic (exact) mass is 261 g/mol. The molecule has 0 aromatic rings. The third-order valence-electron chi connectivity index (χ3n) is 3.27. The fraction of sp³-hybridized carbons (Fsp3) is 1.00. The Morgan fingerprint density at radius 3 is 2.50 bits per heavy atom. The van der Waals surface area contributed by atoms with Crippen LogP contribution in [0.15, 0.2) is 0 Å². The van der Waals surface area contributed by atoms with E-state index in [4.69, 9.17) is 0 Å². The second-order valence-electron chi connectivity index (χ2n) is 5.26. The van der Waals surface area contributed by atoms with Gasteiger partial charge in [-0.2, -0.15) is 0 Å². The SMILES string of the molecule is CC(C)CC(C)N1CCC(Br)C(C)C1. The van der Waals surface area contributed by atoms with Crippen molar-refractivity contribution < 1.29 is 0 Å². The van der Waals surface area contributed by atoms with Gasteiger partial charge in [-0.15, -0.1) is 0 Å². The van der Waals surface area contributed by atoms with Gasteiger partial charge in [0.1, 0.15) is 0 Å². The molecular weight excluding hydrogens is 238 g/mol. The van der Waals surface area contributed by atoms with Gasteiger partial charge in [-0.25, -0.2) is 0 Å². The molecule has 1 nitrogen and oxygen atoms in total. The topological polar surface area (TPSA) is 3.24 Å². The first-order chi connectivity index (χ1) is 6.50. The lowest BCUT2D eigenvalue weighted by Gasteiger charge is -2.38. The molecule has 0 amide bonds. The predicted molar refractivity (Wildman–Crippen MR) is 67.0 cm³/mol. The predicted octanol–water partition coefficient (Wildman–Crippen LogP) is 3.53. The third kappa shape index (κ3) is 3.54. The molecule has 1 aliphatic heterocycles. The lowest BCUT2D eigenvalue weighted by Crippen LogP contribution is -2.44. The van der Waals surface area contributed by atoms with Gasteiger partial charge in [-0.05, 0) is 38.1 Å². The van der Waals surface area contributed by atoms with E-state index in [1.54, 1.807) is 0 Å². The first-order valence-corrected chi connectivity index (χ1v) is 6.80. The maximum Gasteiger partial charge on any atom is 0.0195 e. The van der Waals surface area contributed by atoms with Crippen molar-refractivity contribution in [1.82, 2.24) is 4.90 Å². The van der Waals surface area contributed by atoms with Crippen LogP contribution in [-0.2, 0) is 0 Å². The second kappa shape index (κ2) is 5.50. The zero-order valence-corrected chi connectivity index (χ0v) is 11.5. The van der Waals surface area contributed by atoms with Crippen molar-refractivity contribution >= 4 is 15.9 Å². The standard InChI is InChI=1S/C12H24BrN/c1-9(2)7-11(4)14-6-5-12(13)10(3)8-14/h9-12H,5-8H2,1-4H3. The Kier molecular flexibility index (Phi) is 4.92. The van der Waals surface area contributed by atoms with Crippen LogP contribution in [0.2, 0.25) is 0 Å². The number of nitrogens with zero attached hydrogens (tertiary/aromatic N) is 1. The van der Waals surface area contributed by atoms with E-state index in [9.17, 15) is 0 Å². The molecule has 3 unspecified atom stereocenters. The van der Waals surface area contributed by atoms with E-state index in [1.807, 2.05) is 0 Å². The Morgan fingerprint density at radius 1 is 1.36 bits per heavy atom. The van der Waals surface area contributed by atoms with Gasteiger partial charge in [0.05, 0.1) is 0 Å². The van der Waals surface area contributed by atoms with Gasteiger partial charge in [0.2, 0.25) is 0 Å². The van der Waals surface area contributed by atoms with Crippen molar-refractivity contribution in [2.24, 2.45) is 11.8 Å². The second-order valence-corrected chi connectivity index (χ2v) is 6.43. The molecule has 0 radical (unpaired) electrons. The smallest absolute Gasteiger partial charge is 0.0195 e. The highest BCUT2D eigenvalue weighted by Crippen LogP contribution is 2.25. The van der Waals surface area contributed by atoms with Crippen molar-refractivity contribution in [3.63, 3.8) is 0 Å². The van der Waals surface area contributed by atoms with Gasteiger partial charge in [0.25, 0.3) is 0 Å². The molecule has 0 saturated carbocycles. The van der Waals surface area contributed by atoms with Gasteiger partial charge in [-0.3, -0.25) is 0 Å². The van der Waals surface area contributed by atoms with Crippen molar-refractivity contribution in [2.75, 3.05) is 13.1 Å². The Bertz CT molecular complexity index is 170. The molecule has 0 spiro atoms. The minimum Gasteiger partial charge on any atom is -0.300 e. The van der Waals surface area contributed by atoms with Crippen molar-refractivity contribution in [3.8, 4) is 0 Å². The number of alkyl halides is 1. The molecule has 0 N–H and O–H groups in total. The fourth-order valence-electron chi connectivity index (χ4n) is 2.38. The molecule has 84 valence electrons. The number of rotatable bonds is 3. The van der Waals surface area contributed by atoms with E-state index in [-0.39, 0.29) is 0 Å². The lowest BCUT2D eigenvalue weighted by molar-refractivity contribution is 0.130. The van der Waals surface area contributed by atoms with Crippen molar-refractivity contribution in [2.45, 2.75) is 51.4 Å². The Morgan fingerprint density at radius 2 is 2.00 bits per heavy atom. The highest BCUT2D eigenvalue weighted by atomic mass is 79.9. The maximum absolute atomic E-state index is 3.75. The van der Waals surface area contributed by atoms with Crippen LogP contribution in [0.25, 0.3) is 0 Å². The van der Waals surface area contributed by atoms with E-state index in [1.165, 1.54) is 25.9 Å². The van der Waals surface area contributed by atoms with Gasteiger partial charge >= 0.3 is 0 Å². The van der Waals surface area contributed by atoms with Gasteiger partial charge in [-0.1, -0.05) is 36.7 Å². The average molecular weight is 262 g/mol. The molecule has 1 fully saturated rings. The van der Waals surface area contributed by atoms with Crippen LogP contribution in [0.4, 0.5) is 0 Å². The fourth-order valence-corrected chi connectivity index (χ4v) is 2.75. The summed E-state index contributed by atoms with van der Waals surface area (Å²) in [6.07, 6.45) is 2.64. The summed E-state index contributed by atoms with van der Waals surface area (Å²) in [6, 6.07) is 0.762. The van der Waals surface area contributed by atoms with Crippen molar-refractivity contribution in [3.05, 3.63) is 0 Å². The van der Waals surface area contributed by atoms with Gasteiger partial charge < -0.3 is 4.90 Å². The Hall–Kier alpha value is 0.440. The van der Waals surface area contributed by atoms with Gasteiger partial charge in [0.15, 0.2) is 0 Å². The summed E-state index contributed by atoms with van der Waals surface area (Å²) in [5, 5.41) is 0. The van der Waals surface area contributed by atoms with Crippen LogP contribution >= 0.6 is 15.9 Å². The highest BCUT2D eigenvalue weighted by molar-refractivity contribution is 9.09. The van der Waals surface area contributed by atoms with E-state index in [2.05, 4.69) is 48.5 Å². The number of hydrogen-bond acceptors (Lipinski definition) is 1. The van der Waals surface area contributed by atoms with Crippen LogP contribution in [0.1, 0.15) is 40.5 Å². The first-order valence-electron chi connectivity index (χ1n) is 5.88. The number of hydrogen-bond donors (Lipinski definition) is 0. The van der Waals surface area contributed by atoms with Crippen LogP contribution in [0, 0.1) is 11.8 Å². The average Bonchev–Trinajstić information content (AvgIpc) is 2.08. The molecule has 0 bridgehead atoms. The van der Waals surface area contributed by atoms with E-state index < -0.39 is 0 Å². The molecule has 14 heavy (non-hydrogen) atoms. The van der Waals surface area contributed by atoms with Gasteiger partial charge in [0, 0.05) is 17.4 Å². The summed E-state index contributed by atoms with van der Waals surface area (Å²) >= 11 is 3.75. The van der Waals surface area contributed by atoms with E-state index >= 15 is 0 Å². The third-order valence-corrected chi connectivity index (χ3v) is 4.63. The van der Waals surface area contributed by atoms with Crippen LogP contribution < -0.4 is 0 Å². The van der Waals surface area contributed by atoms with E-state index in [0.717, 1.165) is 22.7 Å². The number of piperidine rings is 1. The summed E-state index contributed by atoms with van der Waals surface area (Å²) in [4.78, 5) is 3.40. The molecule has 1 aliphatic rings. The summed E-state index contributed by atoms with van der Waals surface area (Å²) in [5.74, 6) is 1.63. The molecule has 2 heteroatoms. The zero-order chi connectivity index (χ0) is 10.7. The molecular formula is C12H24BrN. The number of halogens is 1. The summed E-state index contributed by atoms with van der Waals surface area (Å²) in [5.41, 5.74) is 0. The molecule has 1 heterocycles. The molecule has 0 aromatic heterocycles. The molecule has 0 aliphatic carbocycles. The Labute approximate surface area is 97.4 Å². The summed E-state index contributed by atoms with van der Waals surface area (Å²) < 4.78 is 0. The number of likely N-dealkylation sites (tertiary alicyclic amines) is 1. The van der Waals surface area contributed by atoms with Crippen LogP contribution in [-0.4, -0.2) is 28.9 Å². The molecule has 1 saturated heterocycles. The molecule has 1 rings (SSSR count). The van der Waals surface area contributed by atoms with Crippen LogP contribution in [0.3, 0.4) is 0 Å².